The molecule has 1 fully saturated rings. The number of thiocarbonyl (C=S) groups is 1. The second-order valence-electron chi connectivity index (χ2n) is 9.04. The maximum absolute atomic E-state index is 12.9. The topological polar surface area (TPSA) is 101 Å². The van der Waals surface area contributed by atoms with Crippen LogP contribution in [0, 0.1) is 6.92 Å². The smallest absolute Gasteiger partial charge is 0.255 e. The van der Waals surface area contributed by atoms with Crippen molar-refractivity contribution < 1.29 is 9.53 Å². The molecule has 1 saturated heterocycles. The summed E-state index contributed by atoms with van der Waals surface area (Å²) in [4.78, 5) is 17.6. The van der Waals surface area contributed by atoms with Gasteiger partial charge in [0, 0.05) is 36.1 Å². The molecule has 0 radical (unpaired) electrons. The van der Waals surface area contributed by atoms with Crippen LogP contribution in [-0.4, -0.2) is 35.0 Å². The van der Waals surface area contributed by atoms with Gasteiger partial charge in [0.2, 0.25) is 0 Å². The summed E-state index contributed by atoms with van der Waals surface area (Å²) >= 11 is 5.62. The predicted octanol–water partition coefficient (Wildman–Crippen LogP) is 5.79. The molecule has 37 heavy (non-hydrogen) atoms. The number of nitrogen functional groups attached to an aromatic ring is 1. The standard InChI is InChI=1S/C27H31N5O2S.C2H6/c1-16(2)22-8-7-19(13-17(22)3)31-26(33)18-5-4-6-21(14-18)34-23-10-12-30-25(28)24(23)27(35)32-20-9-11-29-15-20;1-2/h4-8,10,12-14,16,20,29H,9,11,15H2,1-3H3,(H2,28,30)(H,31,33)(H,32,35);1-2H3. The SMILES string of the molecule is CC.Cc1cc(NC(=O)c2cccc(Oc3ccnc(N)c3C(=S)NC3CCNC3)c2)ccc1C(C)C. The van der Waals surface area contributed by atoms with Gasteiger partial charge in [-0.05, 0) is 67.3 Å². The highest BCUT2D eigenvalue weighted by Crippen LogP contribution is 2.29. The number of aryl methyl sites for hydroxylation is 1. The summed E-state index contributed by atoms with van der Waals surface area (Å²) in [5, 5.41) is 9.62. The number of hydrogen-bond donors (Lipinski definition) is 4. The number of amides is 1. The third-order valence-corrected chi connectivity index (χ3v) is 6.36. The summed E-state index contributed by atoms with van der Waals surface area (Å²) in [6.45, 7) is 12.2. The van der Waals surface area contributed by atoms with E-state index in [9.17, 15) is 4.79 Å². The van der Waals surface area contributed by atoms with Gasteiger partial charge in [0.1, 0.15) is 22.3 Å². The van der Waals surface area contributed by atoms with Crippen LogP contribution in [0.4, 0.5) is 11.5 Å². The quantitative estimate of drug-likeness (QED) is 0.293. The first kappa shape index (κ1) is 28.1. The number of anilines is 2. The number of benzene rings is 2. The van der Waals surface area contributed by atoms with E-state index in [0.717, 1.165) is 30.8 Å². The molecule has 196 valence electrons. The summed E-state index contributed by atoms with van der Waals surface area (Å²) in [6, 6.07) is 15.0. The zero-order chi connectivity index (χ0) is 26.9. The maximum atomic E-state index is 12.9. The molecule has 1 aliphatic heterocycles. The first-order chi connectivity index (χ1) is 17.8. The number of aromatic nitrogens is 1. The number of nitrogens with two attached hydrogens (primary N) is 1. The van der Waals surface area contributed by atoms with Crippen LogP contribution in [0.5, 0.6) is 11.5 Å². The first-order valence-electron chi connectivity index (χ1n) is 12.8. The van der Waals surface area contributed by atoms with Crippen molar-refractivity contribution in [2.75, 3.05) is 24.1 Å². The molecular formula is C29H37N5O2S. The molecule has 3 aromatic rings. The van der Waals surface area contributed by atoms with E-state index in [1.54, 1.807) is 36.5 Å². The summed E-state index contributed by atoms with van der Waals surface area (Å²) < 4.78 is 6.14. The zero-order valence-electron chi connectivity index (χ0n) is 22.2. The fourth-order valence-corrected chi connectivity index (χ4v) is 4.61. The van der Waals surface area contributed by atoms with E-state index < -0.39 is 0 Å². The van der Waals surface area contributed by atoms with E-state index in [1.165, 1.54) is 5.56 Å². The van der Waals surface area contributed by atoms with E-state index in [-0.39, 0.29) is 11.9 Å². The first-order valence-corrected chi connectivity index (χ1v) is 13.2. The second kappa shape index (κ2) is 13.2. The number of nitrogens with one attached hydrogen (secondary N) is 3. The number of nitrogens with zero attached hydrogens (tertiary/aromatic N) is 1. The van der Waals surface area contributed by atoms with Crippen molar-refractivity contribution in [2.45, 2.75) is 53.0 Å². The van der Waals surface area contributed by atoms with E-state index in [0.29, 0.717) is 39.4 Å². The van der Waals surface area contributed by atoms with Gasteiger partial charge in [0.05, 0.1) is 5.56 Å². The van der Waals surface area contributed by atoms with Gasteiger partial charge >= 0.3 is 0 Å². The third kappa shape index (κ3) is 7.27. The molecular weight excluding hydrogens is 482 g/mol. The Morgan fingerprint density at radius 1 is 1.19 bits per heavy atom. The zero-order valence-corrected chi connectivity index (χ0v) is 23.0. The van der Waals surface area contributed by atoms with Crippen molar-refractivity contribution >= 4 is 34.6 Å². The van der Waals surface area contributed by atoms with Crippen LogP contribution in [0.2, 0.25) is 0 Å². The molecule has 1 amide bonds. The minimum absolute atomic E-state index is 0.215. The Bertz CT molecular complexity index is 1240. The van der Waals surface area contributed by atoms with E-state index in [1.807, 2.05) is 26.0 Å². The number of carbonyl (C=O) groups is 1. The van der Waals surface area contributed by atoms with Crippen LogP contribution in [-0.2, 0) is 0 Å². The maximum Gasteiger partial charge on any atom is 0.255 e. The van der Waals surface area contributed by atoms with Crippen LogP contribution < -0.4 is 26.4 Å². The Morgan fingerprint density at radius 3 is 2.65 bits per heavy atom. The summed E-state index contributed by atoms with van der Waals surface area (Å²) in [7, 11) is 0. The lowest BCUT2D eigenvalue weighted by atomic mass is 9.97. The lowest BCUT2D eigenvalue weighted by Gasteiger charge is -2.18. The Morgan fingerprint density at radius 2 is 1.97 bits per heavy atom. The van der Waals surface area contributed by atoms with Gasteiger partial charge in [-0.1, -0.05) is 52.0 Å². The number of ether oxygens (including phenoxy) is 1. The Labute approximate surface area is 225 Å². The monoisotopic (exact) mass is 519 g/mol. The molecule has 8 heteroatoms. The van der Waals surface area contributed by atoms with Crippen molar-refractivity contribution in [3.8, 4) is 11.5 Å². The van der Waals surface area contributed by atoms with Crippen molar-refractivity contribution in [2.24, 2.45) is 0 Å². The number of hydrogen-bond acceptors (Lipinski definition) is 6. The highest BCUT2D eigenvalue weighted by molar-refractivity contribution is 7.80. The Balaban J connectivity index is 0.00000186. The largest absolute Gasteiger partial charge is 0.456 e. The van der Waals surface area contributed by atoms with Crippen molar-refractivity contribution in [3.05, 3.63) is 77.0 Å². The molecule has 0 saturated carbocycles. The van der Waals surface area contributed by atoms with Crippen LogP contribution in [0.25, 0.3) is 0 Å². The molecule has 2 heterocycles. The number of carbonyl (C=O) groups excluding carboxylic acids is 1. The minimum atomic E-state index is -0.215. The van der Waals surface area contributed by atoms with Crippen LogP contribution in [0.1, 0.15) is 67.1 Å². The molecule has 1 aromatic heterocycles. The normalized spacial score (nSPS) is 14.5. The molecule has 4 rings (SSSR count). The second-order valence-corrected chi connectivity index (χ2v) is 9.45. The van der Waals surface area contributed by atoms with Crippen LogP contribution in [0.3, 0.4) is 0 Å². The molecule has 2 aromatic carbocycles. The van der Waals surface area contributed by atoms with Gasteiger partial charge in [-0.25, -0.2) is 4.98 Å². The molecule has 5 N–H and O–H groups in total. The highest BCUT2D eigenvalue weighted by Gasteiger charge is 2.20. The summed E-state index contributed by atoms with van der Waals surface area (Å²) in [5.41, 5.74) is 10.4. The summed E-state index contributed by atoms with van der Waals surface area (Å²) in [5.74, 6) is 1.49. The molecule has 0 bridgehead atoms. The van der Waals surface area contributed by atoms with Crippen LogP contribution in [0.15, 0.2) is 54.7 Å². The van der Waals surface area contributed by atoms with E-state index >= 15 is 0 Å². The molecule has 1 unspecified atom stereocenters. The van der Waals surface area contributed by atoms with Gasteiger partial charge in [-0.2, -0.15) is 0 Å². The summed E-state index contributed by atoms with van der Waals surface area (Å²) in [6.07, 6.45) is 2.56. The lowest BCUT2D eigenvalue weighted by molar-refractivity contribution is 0.102. The number of rotatable bonds is 7. The lowest BCUT2D eigenvalue weighted by Crippen LogP contribution is -2.36. The van der Waals surface area contributed by atoms with Gasteiger partial charge in [-0.15, -0.1) is 0 Å². The van der Waals surface area contributed by atoms with Crippen molar-refractivity contribution in [3.63, 3.8) is 0 Å². The van der Waals surface area contributed by atoms with E-state index in [4.69, 9.17) is 22.7 Å². The van der Waals surface area contributed by atoms with Gasteiger partial charge < -0.3 is 26.4 Å². The van der Waals surface area contributed by atoms with E-state index in [2.05, 4.69) is 47.8 Å². The fraction of sp³-hybridized carbons (Fsp3) is 0.345. The third-order valence-electron chi connectivity index (χ3n) is 6.04. The molecule has 0 aliphatic carbocycles. The Hall–Kier alpha value is -3.49. The molecule has 1 aliphatic rings. The number of pyridine rings is 1. The molecule has 0 spiro atoms. The average molecular weight is 520 g/mol. The average Bonchev–Trinajstić information content (AvgIpc) is 3.38. The molecule has 1 atom stereocenters. The van der Waals surface area contributed by atoms with Crippen molar-refractivity contribution in [1.82, 2.24) is 15.6 Å². The highest BCUT2D eigenvalue weighted by atomic mass is 32.1. The van der Waals surface area contributed by atoms with Crippen LogP contribution >= 0.6 is 12.2 Å². The molecule has 7 nitrogen and oxygen atoms in total. The fourth-order valence-electron chi connectivity index (χ4n) is 4.24. The van der Waals surface area contributed by atoms with Crippen molar-refractivity contribution in [1.29, 1.82) is 0 Å². The van der Waals surface area contributed by atoms with Gasteiger partial charge in [0.25, 0.3) is 5.91 Å². The minimum Gasteiger partial charge on any atom is -0.456 e. The Kier molecular flexibility index (Phi) is 10.00. The van der Waals surface area contributed by atoms with Gasteiger partial charge in [-0.3, -0.25) is 4.79 Å². The van der Waals surface area contributed by atoms with Gasteiger partial charge in [0.15, 0.2) is 0 Å². The predicted molar refractivity (Wildman–Crippen MR) is 156 cm³/mol.